The molecule has 4 aromatic rings. The maximum absolute atomic E-state index is 12.6. The zero-order valence-corrected chi connectivity index (χ0v) is 19.6. The van der Waals surface area contributed by atoms with Gasteiger partial charge in [-0.15, -0.1) is 0 Å². The predicted octanol–water partition coefficient (Wildman–Crippen LogP) is 4.53. The Kier molecular flexibility index (Phi) is 7.02. The predicted molar refractivity (Wildman–Crippen MR) is 138 cm³/mol. The van der Waals surface area contributed by atoms with E-state index < -0.39 is 0 Å². The molecule has 1 amide bonds. The molecule has 1 aromatic heterocycles. The largest absolute Gasteiger partial charge is 0.423 e. The third-order valence-corrected chi connectivity index (χ3v) is 6.56. The van der Waals surface area contributed by atoms with Crippen LogP contribution in [0.25, 0.3) is 11.0 Å². The van der Waals surface area contributed by atoms with Gasteiger partial charge in [0.2, 0.25) is 5.91 Å². The van der Waals surface area contributed by atoms with Crippen LogP contribution in [-0.4, -0.2) is 48.4 Å². The molecule has 0 atom stereocenters. The molecule has 0 saturated carbocycles. The van der Waals surface area contributed by atoms with Gasteiger partial charge < -0.3 is 14.6 Å². The molecule has 0 aliphatic carbocycles. The van der Waals surface area contributed by atoms with E-state index in [9.17, 15) is 9.59 Å². The summed E-state index contributed by atoms with van der Waals surface area (Å²) in [5.74, 6) is -0.0180. The molecule has 1 fully saturated rings. The average molecular weight is 468 g/mol. The Hall–Kier alpha value is -3.74. The van der Waals surface area contributed by atoms with E-state index in [1.54, 1.807) is 18.2 Å². The van der Waals surface area contributed by atoms with Crippen LogP contribution in [-0.2, 0) is 4.79 Å². The quantitative estimate of drug-likeness (QED) is 0.405. The van der Waals surface area contributed by atoms with E-state index in [2.05, 4.69) is 75.8 Å². The molecule has 2 heterocycles. The summed E-state index contributed by atoms with van der Waals surface area (Å²) in [4.78, 5) is 28.8. The number of fused-ring (bicyclic) bond motifs is 1. The average Bonchev–Trinajstić information content (AvgIpc) is 2.90. The summed E-state index contributed by atoms with van der Waals surface area (Å²) in [6.07, 6.45) is 0.433. The van der Waals surface area contributed by atoms with Gasteiger partial charge in [0, 0.05) is 56.3 Å². The zero-order valence-electron chi connectivity index (χ0n) is 19.6. The topological polar surface area (TPSA) is 65.8 Å². The van der Waals surface area contributed by atoms with Gasteiger partial charge in [0.15, 0.2) is 0 Å². The van der Waals surface area contributed by atoms with E-state index in [4.69, 9.17) is 4.42 Å². The monoisotopic (exact) mass is 467 g/mol. The summed E-state index contributed by atoms with van der Waals surface area (Å²) in [6, 6.07) is 30.0. The van der Waals surface area contributed by atoms with Crippen molar-refractivity contribution in [1.82, 2.24) is 9.80 Å². The number of nitrogens with zero attached hydrogens (tertiary/aromatic N) is 2. The lowest BCUT2D eigenvalue weighted by molar-refractivity contribution is -0.116. The van der Waals surface area contributed by atoms with Gasteiger partial charge >= 0.3 is 5.63 Å². The number of anilines is 1. The first-order chi connectivity index (χ1) is 17.2. The van der Waals surface area contributed by atoms with Gasteiger partial charge in [-0.05, 0) is 35.4 Å². The number of nitrogens with one attached hydrogen (secondary N) is 1. The van der Waals surface area contributed by atoms with Crippen molar-refractivity contribution in [3.8, 4) is 0 Å². The van der Waals surface area contributed by atoms with Gasteiger partial charge in [-0.25, -0.2) is 4.79 Å². The van der Waals surface area contributed by atoms with Crippen molar-refractivity contribution in [2.24, 2.45) is 0 Å². The molecule has 0 bridgehead atoms. The standard InChI is InChI=1S/C29H29N3O3/c33-27(30-25-12-13-26-24(21-25)11-14-28(34)35-26)15-16-31-17-19-32(20-18-31)29(22-7-3-1-4-8-22)23-9-5-2-6-10-23/h1-14,21,29H,15-20H2,(H,30,33). The maximum Gasteiger partial charge on any atom is 0.336 e. The van der Waals surface area contributed by atoms with Crippen LogP contribution >= 0.6 is 0 Å². The Morgan fingerprint density at radius 1 is 0.829 bits per heavy atom. The third kappa shape index (κ3) is 5.67. The van der Waals surface area contributed by atoms with Crippen molar-refractivity contribution in [2.45, 2.75) is 12.5 Å². The van der Waals surface area contributed by atoms with Crippen LogP contribution in [0.5, 0.6) is 0 Å². The highest BCUT2D eigenvalue weighted by Gasteiger charge is 2.26. The Morgan fingerprint density at radius 2 is 1.49 bits per heavy atom. The fourth-order valence-corrected chi connectivity index (χ4v) is 4.76. The minimum Gasteiger partial charge on any atom is -0.423 e. The highest BCUT2D eigenvalue weighted by molar-refractivity contribution is 5.93. The van der Waals surface area contributed by atoms with Crippen LogP contribution in [0.15, 0.2) is 100 Å². The van der Waals surface area contributed by atoms with Gasteiger partial charge in [0.05, 0.1) is 6.04 Å². The first-order valence-electron chi connectivity index (χ1n) is 12.1. The molecule has 0 radical (unpaired) electrons. The molecule has 1 aliphatic rings. The van der Waals surface area contributed by atoms with E-state index >= 15 is 0 Å². The summed E-state index contributed by atoms with van der Waals surface area (Å²) in [5, 5.41) is 3.74. The second-order valence-corrected chi connectivity index (χ2v) is 8.91. The number of piperazine rings is 1. The highest BCUT2D eigenvalue weighted by atomic mass is 16.4. The summed E-state index contributed by atoms with van der Waals surface area (Å²) in [6.45, 7) is 4.48. The lowest BCUT2D eigenvalue weighted by Gasteiger charge is -2.39. The Bertz CT molecular complexity index is 1290. The molecule has 3 aromatic carbocycles. The molecular formula is C29H29N3O3. The van der Waals surface area contributed by atoms with Crippen molar-refractivity contribution in [2.75, 3.05) is 38.0 Å². The molecule has 0 unspecified atom stereocenters. The van der Waals surface area contributed by atoms with Gasteiger partial charge in [-0.2, -0.15) is 0 Å². The summed E-state index contributed by atoms with van der Waals surface area (Å²) >= 11 is 0. The molecule has 178 valence electrons. The molecule has 1 N–H and O–H groups in total. The molecule has 1 aliphatic heterocycles. The van der Waals surface area contributed by atoms with E-state index in [-0.39, 0.29) is 17.6 Å². The minimum atomic E-state index is -0.381. The third-order valence-electron chi connectivity index (χ3n) is 6.56. The second kappa shape index (κ2) is 10.7. The Balaban J connectivity index is 1.16. The van der Waals surface area contributed by atoms with Crippen LogP contribution < -0.4 is 10.9 Å². The molecule has 35 heavy (non-hydrogen) atoms. The molecular weight excluding hydrogens is 438 g/mol. The Morgan fingerprint density at radius 3 is 2.14 bits per heavy atom. The van der Waals surface area contributed by atoms with E-state index in [0.29, 0.717) is 17.7 Å². The van der Waals surface area contributed by atoms with E-state index in [0.717, 1.165) is 38.1 Å². The first-order valence-corrected chi connectivity index (χ1v) is 12.1. The van der Waals surface area contributed by atoms with Crippen molar-refractivity contribution >= 4 is 22.6 Å². The van der Waals surface area contributed by atoms with Gasteiger partial charge in [0.25, 0.3) is 0 Å². The number of hydrogen-bond donors (Lipinski definition) is 1. The number of rotatable bonds is 7. The number of carbonyl (C=O) groups is 1. The van der Waals surface area contributed by atoms with Crippen molar-refractivity contribution < 1.29 is 9.21 Å². The maximum atomic E-state index is 12.6. The molecule has 6 nitrogen and oxygen atoms in total. The fourth-order valence-electron chi connectivity index (χ4n) is 4.76. The van der Waals surface area contributed by atoms with Gasteiger partial charge in [0.1, 0.15) is 5.58 Å². The lowest BCUT2D eigenvalue weighted by Crippen LogP contribution is -2.48. The lowest BCUT2D eigenvalue weighted by atomic mass is 9.96. The van der Waals surface area contributed by atoms with Crippen LogP contribution in [0.3, 0.4) is 0 Å². The summed E-state index contributed by atoms with van der Waals surface area (Å²) in [7, 11) is 0. The number of benzene rings is 3. The van der Waals surface area contributed by atoms with Crippen LogP contribution in [0, 0.1) is 0 Å². The molecule has 6 heteroatoms. The number of amides is 1. The van der Waals surface area contributed by atoms with Crippen LogP contribution in [0.2, 0.25) is 0 Å². The SMILES string of the molecule is O=C(CCN1CCN(C(c2ccccc2)c2ccccc2)CC1)Nc1ccc2oc(=O)ccc2c1. The fraction of sp³-hybridized carbons (Fsp3) is 0.241. The van der Waals surface area contributed by atoms with Gasteiger partial charge in [-0.3, -0.25) is 9.69 Å². The normalized spacial score (nSPS) is 14.9. The van der Waals surface area contributed by atoms with E-state index in [1.807, 2.05) is 6.07 Å². The van der Waals surface area contributed by atoms with Crippen LogP contribution in [0.1, 0.15) is 23.6 Å². The minimum absolute atomic E-state index is 0.0180. The molecule has 1 saturated heterocycles. The summed E-state index contributed by atoms with van der Waals surface area (Å²) in [5.41, 5.74) is 3.45. The summed E-state index contributed by atoms with van der Waals surface area (Å²) < 4.78 is 5.15. The van der Waals surface area contributed by atoms with Crippen molar-refractivity contribution in [3.63, 3.8) is 0 Å². The van der Waals surface area contributed by atoms with E-state index in [1.165, 1.54) is 17.2 Å². The number of carbonyl (C=O) groups excluding carboxylic acids is 1. The first kappa shape index (κ1) is 23.0. The molecule has 5 rings (SSSR count). The second-order valence-electron chi connectivity index (χ2n) is 8.91. The van der Waals surface area contributed by atoms with Crippen molar-refractivity contribution in [1.29, 1.82) is 0 Å². The van der Waals surface area contributed by atoms with Crippen molar-refractivity contribution in [3.05, 3.63) is 113 Å². The van der Waals surface area contributed by atoms with Gasteiger partial charge in [-0.1, -0.05) is 60.7 Å². The highest BCUT2D eigenvalue weighted by Crippen LogP contribution is 2.29. The Labute approximate surface area is 204 Å². The van der Waals surface area contributed by atoms with Crippen LogP contribution in [0.4, 0.5) is 5.69 Å². The smallest absolute Gasteiger partial charge is 0.336 e. The molecule has 0 spiro atoms. The number of hydrogen-bond acceptors (Lipinski definition) is 5. The zero-order chi connectivity index (χ0) is 24.0.